The van der Waals surface area contributed by atoms with Crippen LogP contribution in [-0.4, -0.2) is 7.11 Å². The van der Waals surface area contributed by atoms with Crippen molar-refractivity contribution in [3.63, 3.8) is 0 Å². The maximum atomic E-state index is 13.7. The van der Waals surface area contributed by atoms with Gasteiger partial charge in [0, 0.05) is 11.6 Å². The van der Waals surface area contributed by atoms with Gasteiger partial charge in [-0.1, -0.05) is 6.07 Å². The van der Waals surface area contributed by atoms with Gasteiger partial charge in [0.05, 0.1) is 12.8 Å². The van der Waals surface area contributed by atoms with E-state index in [0.29, 0.717) is 28.1 Å². The number of methoxy groups -OCH3 is 1. The molecule has 0 aliphatic rings. The van der Waals surface area contributed by atoms with Crippen molar-refractivity contribution in [3.05, 3.63) is 47.5 Å². The van der Waals surface area contributed by atoms with Gasteiger partial charge in [-0.2, -0.15) is 0 Å². The lowest BCUT2D eigenvalue weighted by molar-refractivity contribution is 0.417. The number of nitrogens with two attached hydrogens (primary N) is 1. The summed E-state index contributed by atoms with van der Waals surface area (Å²) < 4.78 is 31.9. The Morgan fingerprint density at radius 2 is 1.78 bits per heavy atom. The molecule has 0 saturated carbocycles. The highest BCUT2D eigenvalue weighted by Gasteiger charge is 2.10. The number of nitrogen functional groups attached to an aromatic ring is 1. The van der Waals surface area contributed by atoms with Crippen LogP contribution in [-0.2, 0) is 0 Å². The number of hydrogen-bond donors (Lipinski definition) is 1. The lowest BCUT2D eigenvalue weighted by Crippen LogP contribution is -1.94. The Labute approximate surface area is 104 Å². The third kappa shape index (κ3) is 2.14. The first-order valence-corrected chi connectivity index (χ1v) is 5.42. The zero-order valence-corrected chi connectivity index (χ0v) is 10.1. The first-order chi connectivity index (χ1) is 8.52. The number of anilines is 1. The van der Waals surface area contributed by atoms with Crippen LogP contribution in [0.1, 0.15) is 5.56 Å². The molecule has 2 nitrogen and oxygen atoms in total. The molecule has 0 bridgehead atoms. The summed E-state index contributed by atoms with van der Waals surface area (Å²) in [5, 5.41) is 0. The highest BCUT2D eigenvalue weighted by atomic mass is 19.1. The summed E-state index contributed by atoms with van der Waals surface area (Å²) >= 11 is 0. The van der Waals surface area contributed by atoms with Crippen molar-refractivity contribution in [3.8, 4) is 16.9 Å². The predicted octanol–water partition coefficient (Wildman–Crippen LogP) is 3.53. The molecule has 2 rings (SSSR count). The van der Waals surface area contributed by atoms with Crippen LogP contribution in [0.2, 0.25) is 0 Å². The van der Waals surface area contributed by atoms with Crippen LogP contribution in [0.3, 0.4) is 0 Å². The fourth-order valence-electron chi connectivity index (χ4n) is 1.78. The van der Waals surface area contributed by atoms with E-state index < -0.39 is 11.6 Å². The Hall–Kier alpha value is -2.10. The summed E-state index contributed by atoms with van der Waals surface area (Å²) in [5.41, 5.74) is 7.48. The SMILES string of the molecule is COc1ccc(-c2cc(C)c(F)cc2F)cc1N. The van der Waals surface area contributed by atoms with Crippen molar-refractivity contribution in [2.24, 2.45) is 0 Å². The molecular formula is C14H13F2NO. The zero-order valence-electron chi connectivity index (χ0n) is 10.1. The normalized spacial score (nSPS) is 10.4. The van der Waals surface area contributed by atoms with Crippen LogP contribution in [0.15, 0.2) is 30.3 Å². The van der Waals surface area contributed by atoms with E-state index in [1.807, 2.05) is 0 Å². The summed E-state index contributed by atoms with van der Waals surface area (Å²) in [6, 6.07) is 7.29. The molecule has 0 aliphatic heterocycles. The second-order valence-electron chi connectivity index (χ2n) is 4.04. The van der Waals surface area contributed by atoms with Gasteiger partial charge in [-0.05, 0) is 36.2 Å². The predicted molar refractivity (Wildman–Crippen MR) is 67.5 cm³/mol. The van der Waals surface area contributed by atoms with Gasteiger partial charge in [0.25, 0.3) is 0 Å². The second kappa shape index (κ2) is 4.64. The van der Waals surface area contributed by atoms with Crippen molar-refractivity contribution in [1.29, 1.82) is 0 Å². The van der Waals surface area contributed by atoms with E-state index in [1.54, 1.807) is 25.1 Å². The summed E-state index contributed by atoms with van der Waals surface area (Å²) in [6.45, 7) is 1.59. The third-order valence-electron chi connectivity index (χ3n) is 2.79. The number of benzene rings is 2. The molecule has 0 radical (unpaired) electrons. The number of aryl methyl sites for hydroxylation is 1. The minimum atomic E-state index is -0.609. The van der Waals surface area contributed by atoms with Crippen LogP contribution in [0.5, 0.6) is 5.75 Å². The zero-order chi connectivity index (χ0) is 13.3. The van der Waals surface area contributed by atoms with Gasteiger partial charge in [-0.3, -0.25) is 0 Å². The molecule has 0 aliphatic carbocycles. The standard InChI is InChI=1S/C14H13F2NO/c1-8-5-10(12(16)7-11(8)15)9-3-4-14(18-2)13(17)6-9/h3-7H,17H2,1-2H3. The minimum Gasteiger partial charge on any atom is -0.495 e. The smallest absolute Gasteiger partial charge is 0.141 e. The van der Waals surface area contributed by atoms with Gasteiger partial charge in [0.1, 0.15) is 17.4 Å². The number of hydrogen-bond acceptors (Lipinski definition) is 2. The van der Waals surface area contributed by atoms with Gasteiger partial charge in [0.2, 0.25) is 0 Å². The Morgan fingerprint density at radius 1 is 1.06 bits per heavy atom. The molecular weight excluding hydrogens is 236 g/mol. The maximum absolute atomic E-state index is 13.7. The molecule has 0 heterocycles. The van der Waals surface area contributed by atoms with E-state index in [4.69, 9.17) is 10.5 Å². The molecule has 4 heteroatoms. The molecule has 0 atom stereocenters. The van der Waals surface area contributed by atoms with E-state index in [9.17, 15) is 8.78 Å². The first kappa shape index (κ1) is 12.4. The molecule has 2 aromatic carbocycles. The van der Waals surface area contributed by atoms with Gasteiger partial charge in [0.15, 0.2) is 0 Å². The third-order valence-corrected chi connectivity index (χ3v) is 2.79. The van der Waals surface area contributed by atoms with Crippen molar-refractivity contribution in [2.75, 3.05) is 12.8 Å². The molecule has 0 unspecified atom stereocenters. The van der Waals surface area contributed by atoms with E-state index in [2.05, 4.69) is 0 Å². The van der Waals surface area contributed by atoms with Crippen LogP contribution in [0.4, 0.5) is 14.5 Å². The fourth-order valence-corrected chi connectivity index (χ4v) is 1.78. The summed E-state index contributed by atoms with van der Waals surface area (Å²) in [5.74, 6) is -0.640. The van der Waals surface area contributed by atoms with E-state index >= 15 is 0 Å². The summed E-state index contributed by atoms with van der Waals surface area (Å²) in [6.07, 6.45) is 0. The molecule has 2 aromatic rings. The van der Waals surface area contributed by atoms with Gasteiger partial charge in [-0.25, -0.2) is 8.78 Å². The van der Waals surface area contributed by atoms with Gasteiger partial charge < -0.3 is 10.5 Å². The monoisotopic (exact) mass is 249 g/mol. The van der Waals surface area contributed by atoms with Crippen LogP contribution < -0.4 is 10.5 Å². The number of rotatable bonds is 2. The largest absolute Gasteiger partial charge is 0.495 e. The Kier molecular flexibility index (Phi) is 3.19. The Bertz CT molecular complexity index is 597. The Morgan fingerprint density at radius 3 is 2.39 bits per heavy atom. The lowest BCUT2D eigenvalue weighted by Gasteiger charge is -2.09. The minimum absolute atomic E-state index is 0.322. The molecule has 0 fully saturated rings. The average molecular weight is 249 g/mol. The molecule has 94 valence electrons. The molecule has 18 heavy (non-hydrogen) atoms. The van der Waals surface area contributed by atoms with Crippen molar-refractivity contribution < 1.29 is 13.5 Å². The van der Waals surface area contributed by atoms with E-state index in [1.165, 1.54) is 13.2 Å². The number of halogens is 2. The maximum Gasteiger partial charge on any atom is 0.141 e. The van der Waals surface area contributed by atoms with Crippen LogP contribution in [0.25, 0.3) is 11.1 Å². The molecule has 0 aromatic heterocycles. The fraction of sp³-hybridized carbons (Fsp3) is 0.143. The Balaban J connectivity index is 2.55. The molecule has 2 N–H and O–H groups in total. The highest BCUT2D eigenvalue weighted by molar-refractivity contribution is 5.71. The summed E-state index contributed by atoms with van der Waals surface area (Å²) in [7, 11) is 1.51. The quantitative estimate of drug-likeness (QED) is 0.826. The second-order valence-corrected chi connectivity index (χ2v) is 4.04. The van der Waals surface area contributed by atoms with Crippen molar-refractivity contribution in [2.45, 2.75) is 6.92 Å². The first-order valence-electron chi connectivity index (χ1n) is 5.42. The van der Waals surface area contributed by atoms with Crippen molar-refractivity contribution >= 4 is 5.69 Å². The lowest BCUT2D eigenvalue weighted by atomic mass is 10.0. The van der Waals surface area contributed by atoms with E-state index in [-0.39, 0.29) is 0 Å². The number of ether oxygens (including phenoxy) is 1. The average Bonchev–Trinajstić information content (AvgIpc) is 2.33. The summed E-state index contributed by atoms with van der Waals surface area (Å²) in [4.78, 5) is 0. The molecule has 0 amide bonds. The molecule has 0 spiro atoms. The highest BCUT2D eigenvalue weighted by Crippen LogP contribution is 2.30. The van der Waals surface area contributed by atoms with Gasteiger partial charge in [-0.15, -0.1) is 0 Å². The van der Waals surface area contributed by atoms with Crippen LogP contribution in [0, 0.1) is 18.6 Å². The van der Waals surface area contributed by atoms with E-state index in [0.717, 1.165) is 6.07 Å². The van der Waals surface area contributed by atoms with Crippen LogP contribution >= 0.6 is 0 Å². The molecule has 0 saturated heterocycles. The topological polar surface area (TPSA) is 35.2 Å². The van der Waals surface area contributed by atoms with Crippen molar-refractivity contribution in [1.82, 2.24) is 0 Å². The van der Waals surface area contributed by atoms with Gasteiger partial charge >= 0.3 is 0 Å².